The highest BCUT2D eigenvalue weighted by Gasteiger charge is 2.33. The number of aliphatic hydroxyl groups excluding tert-OH is 1. The van der Waals surface area contributed by atoms with Gasteiger partial charge in [0.2, 0.25) is 0 Å². The molecular formula is C11H9F3O3. The Morgan fingerprint density at radius 2 is 2.00 bits per heavy atom. The van der Waals surface area contributed by atoms with Crippen LogP contribution in [0.25, 0.3) is 6.08 Å². The average molecular weight is 246 g/mol. The summed E-state index contributed by atoms with van der Waals surface area (Å²) in [4.78, 5) is 10.6. The minimum atomic E-state index is -4.64. The van der Waals surface area contributed by atoms with Gasteiger partial charge in [0.05, 0.1) is 17.7 Å². The Hall–Kier alpha value is -1.82. The second-order valence-electron chi connectivity index (χ2n) is 3.19. The lowest BCUT2D eigenvalue weighted by Crippen LogP contribution is -2.09. The lowest BCUT2D eigenvalue weighted by Gasteiger charge is -2.11. The van der Waals surface area contributed by atoms with E-state index in [1.165, 1.54) is 0 Å². The Balaban J connectivity index is 3.32. The fourth-order valence-electron chi connectivity index (χ4n) is 1.26. The van der Waals surface area contributed by atoms with Crippen LogP contribution in [-0.2, 0) is 6.18 Å². The van der Waals surface area contributed by atoms with Crippen molar-refractivity contribution in [3.8, 4) is 0 Å². The molecule has 2 N–H and O–H groups in total. The van der Waals surface area contributed by atoms with Crippen molar-refractivity contribution in [1.29, 1.82) is 0 Å². The van der Waals surface area contributed by atoms with Gasteiger partial charge in [-0.05, 0) is 17.7 Å². The van der Waals surface area contributed by atoms with E-state index in [9.17, 15) is 18.0 Å². The predicted molar refractivity (Wildman–Crippen MR) is 54.5 cm³/mol. The normalized spacial score (nSPS) is 12.0. The van der Waals surface area contributed by atoms with Crippen LogP contribution in [0.5, 0.6) is 0 Å². The van der Waals surface area contributed by atoms with Gasteiger partial charge in [0.15, 0.2) is 0 Å². The van der Waals surface area contributed by atoms with Gasteiger partial charge in [0.1, 0.15) is 0 Å². The standard InChI is InChI=1S/C11H9F3O3/c12-11(13,14)9-6-8(10(16)17)4-3-7(9)2-1-5-15/h1-4,6,15H,5H2,(H,16,17). The molecule has 0 saturated carbocycles. The number of aromatic carboxylic acids is 1. The molecule has 0 aromatic heterocycles. The van der Waals surface area contributed by atoms with E-state index in [2.05, 4.69) is 0 Å². The van der Waals surface area contributed by atoms with Crippen LogP contribution < -0.4 is 0 Å². The van der Waals surface area contributed by atoms with Crippen molar-refractivity contribution in [2.45, 2.75) is 6.18 Å². The Labute approximate surface area is 94.8 Å². The maximum absolute atomic E-state index is 12.6. The second-order valence-corrected chi connectivity index (χ2v) is 3.19. The largest absolute Gasteiger partial charge is 0.478 e. The second kappa shape index (κ2) is 5.01. The summed E-state index contributed by atoms with van der Waals surface area (Å²) < 4.78 is 37.9. The Bertz CT molecular complexity index is 450. The molecule has 0 radical (unpaired) electrons. The van der Waals surface area contributed by atoms with E-state index >= 15 is 0 Å². The molecule has 6 heteroatoms. The highest BCUT2D eigenvalue weighted by molar-refractivity contribution is 5.88. The van der Waals surface area contributed by atoms with Crippen LogP contribution in [0, 0.1) is 0 Å². The predicted octanol–water partition coefficient (Wildman–Crippen LogP) is 2.41. The molecule has 0 aliphatic carbocycles. The van der Waals surface area contributed by atoms with Crippen LogP contribution in [0.15, 0.2) is 24.3 Å². The quantitative estimate of drug-likeness (QED) is 0.861. The molecule has 0 unspecified atom stereocenters. The van der Waals surface area contributed by atoms with Crippen LogP contribution in [-0.4, -0.2) is 22.8 Å². The molecule has 0 aliphatic heterocycles. The van der Waals surface area contributed by atoms with Crippen molar-refractivity contribution in [3.63, 3.8) is 0 Å². The Kier molecular flexibility index (Phi) is 3.90. The lowest BCUT2D eigenvalue weighted by atomic mass is 10.0. The molecule has 17 heavy (non-hydrogen) atoms. The highest BCUT2D eigenvalue weighted by Crippen LogP contribution is 2.33. The summed E-state index contributed by atoms with van der Waals surface area (Å²) in [5.74, 6) is -1.42. The summed E-state index contributed by atoms with van der Waals surface area (Å²) >= 11 is 0. The van der Waals surface area contributed by atoms with E-state index in [1.54, 1.807) is 0 Å². The molecule has 0 amide bonds. The SMILES string of the molecule is O=C(O)c1ccc(C=CCO)c(C(F)(F)F)c1. The van der Waals surface area contributed by atoms with Crippen molar-refractivity contribution in [1.82, 2.24) is 0 Å². The van der Waals surface area contributed by atoms with Gasteiger partial charge in [0.25, 0.3) is 0 Å². The number of benzene rings is 1. The van der Waals surface area contributed by atoms with Crippen molar-refractivity contribution >= 4 is 12.0 Å². The minimum absolute atomic E-state index is 0.184. The maximum Gasteiger partial charge on any atom is 0.417 e. The molecule has 3 nitrogen and oxygen atoms in total. The van der Waals surface area contributed by atoms with Gasteiger partial charge >= 0.3 is 12.1 Å². The topological polar surface area (TPSA) is 57.5 Å². The Morgan fingerprint density at radius 3 is 2.47 bits per heavy atom. The smallest absolute Gasteiger partial charge is 0.417 e. The fraction of sp³-hybridized carbons (Fsp3) is 0.182. The number of carboxylic acids is 1. The third-order valence-electron chi connectivity index (χ3n) is 2.01. The average Bonchev–Trinajstić information content (AvgIpc) is 2.24. The number of carboxylic acid groups (broad SMARTS) is 1. The summed E-state index contributed by atoms with van der Waals surface area (Å²) in [6.07, 6.45) is -2.40. The molecule has 92 valence electrons. The monoisotopic (exact) mass is 246 g/mol. The molecule has 0 atom stereocenters. The lowest BCUT2D eigenvalue weighted by molar-refractivity contribution is -0.137. The number of hydrogen-bond donors (Lipinski definition) is 2. The van der Waals surface area contributed by atoms with E-state index in [1.807, 2.05) is 0 Å². The first-order chi connectivity index (χ1) is 7.86. The first kappa shape index (κ1) is 13.2. The van der Waals surface area contributed by atoms with Gasteiger partial charge < -0.3 is 10.2 Å². The van der Waals surface area contributed by atoms with Crippen molar-refractivity contribution in [2.24, 2.45) is 0 Å². The van der Waals surface area contributed by atoms with E-state index < -0.39 is 29.9 Å². The molecule has 1 aromatic rings. The fourth-order valence-corrected chi connectivity index (χ4v) is 1.26. The highest BCUT2D eigenvalue weighted by atomic mass is 19.4. The minimum Gasteiger partial charge on any atom is -0.478 e. The summed E-state index contributed by atoms with van der Waals surface area (Å²) in [5, 5.41) is 17.1. The zero-order valence-corrected chi connectivity index (χ0v) is 8.53. The van der Waals surface area contributed by atoms with Crippen molar-refractivity contribution in [3.05, 3.63) is 41.0 Å². The van der Waals surface area contributed by atoms with Gasteiger partial charge in [-0.2, -0.15) is 13.2 Å². The summed E-state index contributed by atoms with van der Waals surface area (Å²) in [5.41, 5.74) is -1.66. The van der Waals surface area contributed by atoms with Gasteiger partial charge in [-0.3, -0.25) is 0 Å². The van der Waals surface area contributed by atoms with Gasteiger partial charge in [0, 0.05) is 0 Å². The zero-order valence-electron chi connectivity index (χ0n) is 8.53. The van der Waals surface area contributed by atoms with Crippen LogP contribution in [0.3, 0.4) is 0 Å². The summed E-state index contributed by atoms with van der Waals surface area (Å²) in [6, 6.07) is 2.70. The first-order valence-corrected chi connectivity index (χ1v) is 4.58. The number of aliphatic hydroxyl groups is 1. The molecule has 1 aromatic carbocycles. The van der Waals surface area contributed by atoms with Crippen LogP contribution in [0.2, 0.25) is 0 Å². The van der Waals surface area contributed by atoms with Gasteiger partial charge in [-0.15, -0.1) is 0 Å². The van der Waals surface area contributed by atoms with Crippen LogP contribution >= 0.6 is 0 Å². The molecule has 1 rings (SSSR count). The van der Waals surface area contributed by atoms with E-state index in [-0.39, 0.29) is 5.56 Å². The van der Waals surface area contributed by atoms with E-state index in [0.717, 1.165) is 24.3 Å². The zero-order chi connectivity index (χ0) is 13.1. The van der Waals surface area contributed by atoms with Crippen molar-refractivity contribution in [2.75, 3.05) is 6.61 Å². The number of carbonyl (C=O) groups is 1. The molecule has 0 fully saturated rings. The molecule has 0 saturated heterocycles. The third kappa shape index (κ3) is 3.32. The Morgan fingerprint density at radius 1 is 1.35 bits per heavy atom. The van der Waals surface area contributed by atoms with Gasteiger partial charge in [-0.25, -0.2) is 4.79 Å². The molecule has 0 heterocycles. The molecule has 0 spiro atoms. The summed E-state index contributed by atoms with van der Waals surface area (Å²) in [7, 11) is 0. The summed E-state index contributed by atoms with van der Waals surface area (Å²) in [6.45, 7) is -0.391. The number of alkyl halides is 3. The third-order valence-corrected chi connectivity index (χ3v) is 2.01. The molecule has 0 aliphatic rings. The molecular weight excluding hydrogens is 237 g/mol. The van der Waals surface area contributed by atoms with Crippen LogP contribution in [0.1, 0.15) is 21.5 Å². The van der Waals surface area contributed by atoms with E-state index in [4.69, 9.17) is 10.2 Å². The number of rotatable bonds is 3. The van der Waals surface area contributed by atoms with E-state index in [0.29, 0.717) is 6.07 Å². The van der Waals surface area contributed by atoms with Crippen molar-refractivity contribution < 1.29 is 28.2 Å². The van der Waals surface area contributed by atoms with Crippen LogP contribution in [0.4, 0.5) is 13.2 Å². The molecule has 0 bridgehead atoms. The maximum atomic E-state index is 12.6. The van der Waals surface area contributed by atoms with Gasteiger partial charge in [-0.1, -0.05) is 18.2 Å². The number of halogens is 3. The first-order valence-electron chi connectivity index (χ1n) is 4.58. The number of hydrogen-bond acceptors (Lipinski definition) is 2.